The predicted octanol–water partition coefficient (Wildman–Crippen LogP) is 3.47. The Bertz CT molecular complexity index is 1160. The van der Waals surface area contributed by atoms with E-state index in [-0.39, 0.29) is 18.7 Å². The van der Waals surface area contributed by atoms with Crippen LogP contribution < -0.4 is 19.9 Å². The predicted molar refractivity (Wildman–Crippen MR) is 144 cm³/mol. The highest BCUT2D eigenvalue weighted by Crippen LogP contribution is 2.37. The third-order valence-corrected chi connectivity index (χ3v) is 6.99. The molecule has 0 amide bonds. The van der Waals surface area contributed by atoms with Gasteiger partial charge in [-0.05, 0) is 55.7 Å². The zero-order valence-electron chi connectivity index (χ0n) is 22.3. The maximum absolute atomic E-state index is 13.0. The number of piperidine rings is 1. The molecule has 38 heavy (non-hydrogen) atoms. The van der Waals surface area contributed by atoms with Crippen LogP contribution in [0.3, 0.4) is 0 Å². The van der Waals surface area contributed by atoms with E-state index in [1.54, 1.807) is 18.9 Å². The van der Waals surface area contributed by atoms with E-state index in [0.717, 1.165) is 49.2 Å². The van der Waals surface area contributed by atoms with E-state index in [4.69, 9.17) is 35.5 Å². The van der Waals surface area contributed by atoms with E-state index in [1.807, 2.05) is 43.3 Å². The van der Waals surface area contributed by atoms with Crippen LogP contribution >= 0.6 is 0 Å². The number of hydrogen-bond acceptors (Lipinski definition) is 7. The fraction of sp³-hybridized carbons (Fsp3) is 0.464. The Morgan fingerprint density at radius 2 is 1.74 bits per heavy atom. The summed E-state index contributed by atoms with van der Waals surface area (Å²) in [5.74, 6) is 1.78. The Morgan fingerprint density at radius 1 is 1.05 bits per heavy atom. The van der Waals surface area contributed by atoms with Crippen molar-refractivity contribution in [3.05, 3.63) is 53.1 Å². The Balaban J connectivity index is 1.52. The quantitative estimate of drug-likeness (QED) is 0.272. The van der Waals surface area contributed by atoms with Gasteiger partial charge in [-0.2, -0.15) is 0 Å². The smallest absolute Gasteiger partial charge is 0.352 e. The summed E-state index contributed by atoms with van der Waals surface area (Å²) in [6.45, 7) is 6.55. The maximum atomic E-state index is 13.0. The van der Waals surface area contributed by atoms with E-state index in [0.29, 0.717) is 36.0 Å². The van der Waals surface area contributed by atoms with E-state index < -0.39 is 12.1 Å². The number of nitrogens with one attached hydrogen (secondary N) is 2. The van der Waals surface area contributed by atoms with Gasteiger partial charge in [0.15, 0.2) is 17.5 Å². The number of ether oxygens (including phenoxy) is 4. The van der Waals surface area contributed by atoms with Gasteiger partial charge in [-0.3, -0.25) is 10.8 Å². The number of fused-ring (bicyclic) bond motifs is 1. The van der Waals surface area contributed by atoms with Crippen LogP contribution in [0.25, 0.3) is 0 Å². The lowest BCUT2D eigenvalue weighted by Gasteiger charge is -2.32. The summed E-state index contributed by atoms with van der Waals surface area (Å²) in [7, 11) is 1.57. The molecule has 1 saturated heterocycles. The lowest BCUT2D eigenvalue weighted by Crippen LogP contribution is -2.40. The minimum atomic E-state index is -0.998. The van der Waals surface area contributed by atoms with Crippen LogP contribution in [-0.4, -0.2) is 67.0 Å². The first kappa shape index (κ1) is 27.1. The van der Waals surface area contributed by atoms with Crippen molar-refractivity contribution < 1.29 is 23.7 Å². The molecular weight excluding hydrogens is 486 g/mol. The van der Waals surface area contributed by atoms with E-state index >= 15 is 0 Å². The normalized spacial score (nSPS) is 16.3. The first-order chi connectivity index (χ1) is 18.3. The number of benzene rings is 2. The molecule has 10 nitrogen and oxygen atoms in total. The number of amidine groups is 1. The molecule has 2 aromatic carbocycles. The molecule has 2 heterocycles. The standard InChI is InChI=1S/C28H37N5O5/c1-4-36-27(34)26(19-5-7-22(8-6-19)37-23-10-13-32(14-11-23)18(2)29)38-25-16-21-17-33(28(30)31)12-9-20(21)15-24(25)35-3/h5-8,15-16,23,26,29H,4,9-14,17H2,1-3H3,(H3,30,31). The molecule has 2 aliphatic rings. The van der Waals surface area contributed by atoms with Gasteiger partial charge >= 0.3 is 5.97 Å². The van der Waals surface area contributed by atoms with Crippen LogP contribution in [0.4, 0.5) is 0 Å². The number of methoxy groups -OCH3 is 1. The Morgan fingerprint density at radius 3 is 2.34 bits per heavy atom. The molecule has 1 fully saturated rings. The molecule has 4 rings (SSSR count). The van der Waals surface area contributed by atoms with Crippen molar-refractivity contribution in [2.75, 3.05) is 33.4 Å². The minimum absolute atomic E-state index is 0.0241. The van der Waals surface area contributed by atoms with Crippen LogP contribution in [0, 0.1) is 10.8 Å². The van der Waals surface area contributed by atoms with E-state index in [1.165, 1.54) is 0 Å². The fourth-order valence-corrected chi connectivity index (χ4v) is 4.84. The van der Waals surface area contributed by atoms with E-state index in [9.17, 15) is 4.79 Å². The van der Waals surface area contributed by atoms with Crippen molar-refractivity contribution in [3.8, 4) is 17.2 Å². The largest absolute Gasteiger partial charge is 0.493 e. The highest BCUT2D eigenvalue weighted by Gasteiger charge is 2.28. The molecule has 0 spiro atoms. The second kappa shape index (κ2) is 12.1. The van der Waals surface area contributed by atoms with Gasteiger partial charge < -0.3 is 34.5 Å². The lowest BCUT2D eigenvalue weighted by atomic mass is 9.99. The third kappa shape index (κ3) is 6.30. The van der Waals surface area contributed by atoms with Crippen molar-refractivity contribution in [1.29, 1.82) is 10.8 Å². The summed E-state index contributed by atoms with van der Waals surface area (Å²) in [5.41, 5.74) is 8.41. The van der Waals surface area contributed by atoms with Gasteiger partial charge in [0.1, 0.15) is 11.9 Å². The average molecular weight is 524 g/mol. The molecule has 4 N–H and O–H groups in total. The number of nitrogens with zero attached hydrogens (tertiary/aromatic N) is 2. The monoisotopic (exact) mass is 523 g/mol. The van der Waals surface area contributed by atoms with Crippen LogP contribution in [0.5, 0.6) is 17.2 Å². The van der Waals surface area contributed by atoms with Gasteiger partial charge in [-0.1, -0.05) is 12.1 Å². The molecule has 0 aliphatic carbocycles. The van der Waals surface area contributed by atoms with Crippen LogP contribution in [0.15, 0.2) is 36.4 Å². The van der Waals surface area contributed by atoms with Gasteiger partial charge in [0.2, 0.25) is 6.10 Å². The van der Waals surface area contributed by atoms with Gasteiger partial charge in [-0.15, -0.1) is 0 Å². The highest BCUT2D eigenvalue weighted by molar-refractivity contribution is 5.78. The summed E-state index contributed by atoms with van der Waals surface area (Å²) in [6.07, 6.45) is 1.52. The average Bonchev–Trinajstić information content (AvgIpc) is 2.91. The summed E-state index contributed by atoms with van der Waals surface area (Å²) >= 11 is 0. The molecule has 1 unspecified atom stereocenters. The molecule has 204 valence electrons. The number of hydrogen-bond donors (Lipinski definition) is 3. The van der Waals surface area contributed by atoms with Gasteiger partial charge in [-0.25, -0.2) is 4.79 Å². The molecule has 0 saturated carbocycles. The Kier molecular flexibility index (Phi) is 8.60. The molecule has 0 radical (unpaired) electrons. The third-order valence-electron chi connectivity index (χ3n) is 6.99. The Hall–Kier alpha value is -3.95. The lowest BCUT2D eigenvalue weighted by molar-refractivity contribution is -0.151. The van der Waals surface area contributed by atoms with Crippen molar-refractivity contribution in [1.82, 2.24) is 9.80 Å². The van der Waals surface area contributed by atoms with Gasteiger partial charge in [0.25, 0.3) is 0 Å². The van der Waals surface area contributed by atoms with Gasteiger partial charge in [0, 0.05) is 44.6 Å². The second-order valence-corrected chi connectivity index (χ2v) is 9.54. The fourth-order valence-electron chi connectivity index (χ4n) is 4.84. The topological polar surface area (TPSA) is 134 Å². The van der Waals surface area contributed by atoms with Crippen molar-refractivity contribution in [2.45, 2.75) is 51.9 Å². The molecule has 2 aromatic rings. The van der Waals surface area contributed by atoms with Crippen molar-refractivity contribution >= 4 is 17.8 Å². The number of nitrogens with two attached hydrogens (primary N) is 1. The molecule has 1 atom stereocenters. The number of guanidine groups is 1. The maximum Gasteiger partial charge on any atom is 0.352 e. The zero-order chi connectivity index (χ0) is 27.2. The Labute approximate surface area is 223 Å². The molecular formula is C28H37N5O5. The minimum Gasteiger partial charge on any atom is -0.493 e. The number of carbonyl (C=O) groups is 1. The summed E-state index contributed by atoms with van der Waals surface area (Å²) in [4.78, 5) is 16.8. The number of likely N-dealkylation sites (tertiary alicyclic amines) is 1. The highest BCUT2D eigenvalue weighted by atomic mass is 16.6. The number of carbonyl (C=O) groups excluding carboxylic acids is 1. The first-order valence-corrected chi connectivity index (χ1v) is 13.0. The SMILES string of the molecule is CCOC(=O)C(Oc1cc2c(cc1OC)CCN(C(=N)N)C2)c1ccc(OC2CCN(C(C)=N)CC2)cc1. The van der Waals surface area contributed by atoms with Gasteiger partial charge in [0.05, 0.1) is 19.6 Å². The molecule has 0 aromatic heterocycles. The summed E-state index contributed by atoms with van der Waals surface area (Å²) in [5, 5.41) is 15.6. The molecule has 0 bridgehead atoms. The number of esters is 1. The summed E-state index contributed by atoms with van der Waals surface area (Å²) < 4.78 is 23.3. The molecule has 2 aliphatic heterocycles. The van der Waals surface area contributed by atoms with Crippen molar-refractivity contribution in [3.63, 3.8) is 0 Å². The number of rotatable bonds is 8. The zero-order valence-corrected chi connectivity index (χ0v) is 22.3. The molecule has 10 heteroatoms. The first-order valence-electron chi connectivity index (χ1n) is 13.0. The van der Waals surface area contributed by atoms with Crippen LogP contribution in [0.1, 0.15) is 49.5 Å². The van der Waals surface area contributed by atoms with Crippen LogP contribution in [0.2, 0.25) is 0 Å². The van der Waals surface area contributed by atoms with E-state index in [2.05, 4.69) is 4.90 Å². The second-order valence-electron chi connectivity index (χ2n) is 9.54. The van der Waals surface area contributed by atoms with Crippen molar-refractivity contribution in [2.24, 2.45) is 5.73 Å². The van der Waals surface area contributed by atoms with Crippen LogP contribution in [-0.2, 0) is 22.5 Å². The summed E-state index contributed by atoms with van der Waals surface area (Å²) in [6, 6.07) is 11.1.